The van der Waals surface area contributed by atoms with Crippen LogP contribution in [0.4, 0.5) is 0 Å². The fourth-order valence-electron chi connectivity index (χ4n) is 2.30. The number of amides is 1. The SMILES string of the molecule is CC/C(=N/NC(=O)Cn1nnc(-c2ccccc2)n1)c1ccc(Cl)cc1. The van der Waals surface area contributed by atoms with E-state index in [1.165, 1.54) is 4.80 Å². The van der Waals surface area contributed by atoms with Crippen LogP contribution in [-0.2, 0) is 11.3 Å². The Bertz CT molecular complexity index is 905. The molecule has 1 amide bonds. The highest BCUT2D eigenvalue weighted by Gasteiger charge is 2.09. The van der Waals surface area contributed by atoms with Gasteiger partial charge in [-0.1, -0.05) is 61.0 Å². The van der Waals surface area contributed by atoms with Crippen molar-refractivity contribution in [2.24, 2.45) is 5.10 Å². The summed E-state index contributed by atoms with van der Waals surface area (Å²) in [6.07, 6.45) is 0.668. The van der Waals surface area contributed by atoms with Crippen molar-refractivity contribution in [3.05, 3.63) is 65.2 Å². The highest BCUT2D eigenvalue weighted by Crippen LogP contribution is 2.12. The van der Waals surface area contributed by atoms with Crippen molar-refractivity contribution in [3.8, 4) is 11.4 Å². The van der Waals surface area contributed by atoms with Crippen LogP contribution in [0.1, 0.15) is 18.9 Å². The van der Waals surface area contributed by atoms with E-state index < -0.39 is 0 Å². The Labute approximate surface area is 155 Å². The average molecular weight is 369 g/mol. The van der Waals surface area contributed by atoms with Crippen molar-refractivity contribution >= 4 is 23.2 Å². The number of aromatic nitrogens is 4. The number of hydrogen-bond donors (Lipinski definition) is 1. The van der Waals surface area contributed by atoms with Crippen molar-refractivity contribution in [3.63, 3.8) is 0 Å². The molecule has 0 saturated heterocycles. The Morgan fingerprint density at radius 2 is 1.88 bits per heavy atom. The van der Waals surface area contributed by atoms with Gasteiger partial charge in [-0.25, -0.2) is 5.43 Å². The van der Waals surface area contributed by atoms with Gasteiger partial charge in [0.25, 0.3) is 5.91 Å². The fraction of sp³-hybridized carbons (Fsp3) is 0.167. The van der Waals surface area contributed by atoms with Gasteiger partial charge in [0.05, 0.1) is 5.71 Å². The standard InChI is InChI=1S/C18H17ClN6O/c1-2-16(13-8-10-15(19)11-9-13)20-21-17(26)12-25-23-18(22-24-25)14-6-4-3-5-7-14/h3-11H,2,12H2,1H3,(H,21,26)/b20-16-. The van der Waals surface area contributed by atoms with Crippen LogP contribution in [0.25, 0.3) is 11.4 Å². The molecule has 0 atom stereocenters. The quantitative estimate of drug-likeness (QED) is 0.535. The van der Waals surface area contributed by atoms with Gasteiger partial charge < -0.3 is 0 Å². The van der Waals surface area contributed by atoms with Gasteiger partial charge in [-0.3, -0.25) is 4.79 Å². The normalized spacial score (nSPS) is 11.4. The topological polar surface area (TPSA) is 85.1 Å². The smallest absolute Gasteiger partial charge is 0.263 e. The lowest BCUT2D eigenvalue weighted by Gasteiger charge is -2.05. The third-order valence-corrected chi connectivity index (χ3v) is 3.85. The minimum Gasteiger partial charge on any atom is -0.271 e. The zero-order valence-electron chi connectivity index (χ0n) is 14.1. The Hall–Kier alpha value is -3.06. The second-order valence-corrected chi connectivity index (χ2v) is 5.90. The minimum absolute atomic E-state index is 0.0685. The molecule has 8 heteroatoms. The van der Waals surface area contributed by atoms with E-state index in [1.807, 2.05) is 49.4 Å². The van der Waals surface area contributed by atoms with Crippen molar-refractivity contribution in [2.45, 2.75) is 19.9 Å². The molecule has 2 aromatic carbocycles. The van der Waals surface area contributed by atoms with Crippen LogP contribution < -0.4 is 5.43 Å². The maximum absolute atomic E-state index is 12.1. The van der Waals surface area contributed by atoms with E-state index >= 15 is 0 Å². The molecule has 7 nitrogen and oxygen atoms in total. The molecule has 0 spiro atoms. The summed E-state index contributed by atoms with van der Waals surface area (Å²) in [6, 6.07) is 16.7. The Morgan fingerprint density at radius 1 is 1.15 bits per heavy atom. The predicted molar refractivity (Wildman–Crippen MR) is 99.7 cm³/mol. The third kappa shape index (κ3) is 4.52. The summed E-state index contributed by atoms with van der Waals surface area (Å²) in [5.41, 5.74) is 5.03. The molecule has 1 aromatic heterocycles. The fourth-order valence-corrected chi connectivity index (χ4v) is 2.42. The number of halogens is 1. The molecule has 1 heterocycles. The van der Waals surface area contributed by atoms with Gasteiger partial charge in [-0.05, 0) is 29.3 Å². The van der Waals surface area contributed by atoms with E-state index in [9.17, 15) is 4.79 Å². The molecule has 0 saturated carbocycles. The van der Waals surface area contributed by atoms with Crippen LogP contribution in [0.2, 0.25) is 5.02 Å². The number of rotatable bonds is 6. The molecule has 0 radical (unpaired) electrons. The molecule has 132 valence electrons. The lowest BCUT2D eigenvalue weighted by atomic mass is 10.1. The molecule has 3 rings (SSSR count). The third-order valence-electron chi connectivity index (χ3n) is 3.60. The van der Waals surface area contributed by atoms with E-state index in [4.69, 9.17) is 11.6 Å². The average Bonchev–Trinajstić information content (AvgIpc) is 3.13. The van der Waals surface area contributed by atoms with Crippen molar-refractivity contribution in [1.29, 1.82) is 0 Å². The van der Waals surface area contributed by atoms with E-state index in [0.29, 0.717) is 17.3 Å². The first-order valence-electron chi connectivity index (χ1n) is 8.10. The van der Waals surface area contributed by atoms with Crippen LogP contribution in [-0.4, -0.2) is 31.8 Å². The Morgan fingerprint density at radius 3 is 2.58 bits per heavy atom. The largest absolute Gasteiger partial charge is 0.271 e. The molecule has 3 aromatic rings. The summed E-state index contributed by atoms with van der Waals surface area (Å²) in [4.78, 5) is 13.3. The van der Waals surface area contributed by atoms with Gasteiger partial charge in [0, 0.05) is 10.6 Å². The van der Waals surface area contributed by atoms with Crippen molar-refractivity contribution in [1.82, 2.24) is 25.6 Å². The molecular weight excluding hydrogens is 352 g/mol. The van der Waals surface area contributed by atoms with Crippen molar-refractivity contribution in [2.75, 3.05) is 0 Å². The Balaban J connectivity index is 1.63. The van der Waals surface area contributed by atoms with Gasteiger partial charge in [0.1, 0.15) is 6.54 Å². The van der Waals surface area contributed by atoms with E-state index in [0.717, 1.165) is 16.8 Å². The molecule has 0 aliphatic heterocycles. The number of carbonyl (C=O) groups excluding carboxylic acids is 1. The molecule has 0 fully saturated rings. The summed E-state index contributed by atoms with van der Waals surface area (Å²) < 4.78 is 0. The highest BCUT2D eigenvalue weighted by molar-refractivity contribution is 6.30. The maximum atomic E-state index is 12.1. The van der Waals surface area contributed by atoms with Crippen LogP contribution >= 0.6 is 11.6 Å². The van der Waals surface area contributed by atoms with Crippen molar-refractivity contribution < 1.29 is 4.79 Å². The highest BCUT2D eigenvalue weighted by atomic mass is 35.5. The second-order valence-electron chi connectivity index (χ2n) is 5.46. The number of benzene rings is 2. The van der Waals surface area contributed by atoms with Crippen LogP contribution in [0, 0.1) is 0 Å². The first-order chi connectivity index (χ1) is 12.7. The van der Waals surface area contributed by atoms with E-state index in [-0.39, 0.29) is 12.5 Å². The zero-order valence-corrected chi connectivity index (χ0v) is 14.9. The Kier molecular flexibility index (Phi) is 5.70. The first kappa shape index (κ1) is 17.8. The number of tetrazole rings is 1. The molecule has 1 N–H and O–H groups in total. The van der Waals surface area contributed by atoms with Gasteiger partial charge in [0.15, 0.2) is 0 Å². The summed E-state index contributed by atoms with van der Waals surface area (Å²) in [7, 11) is 0. The lowest BCUT2D eigenvalue weighted by Crippen LogP contribution is -2.25. The van der Waals surface area contributed by atoms with Crippen LogP contribution in [0.3, 0.4) is 0 Å². The molecule has 0 unspecified atom stereocenters. The molecule has 0 aliphatic carbocycles. The molecule has 26 heavy (non-hydrogen) atoms. The zero-order chi connectivity index (χ0) is 18.4. The van der Waals surface area contributed by atoms with Gasteiger partial charge >= 0.3 is 0 Å². The molecule has 0 bridgehead atoms. The minimum atomic E-state index is -0.332. The lowest BCUT2D eigenvalue weighted by molar-refractivity contribution is -0.122. The first-order valence-corrected chi connectivity index (χ1v) is 8.48. The summed E-state index contributed by atoms with van der Waals surface area (Å²) in [6.45, 7) is 1.89. The van der Waals surface area contributed by atoms with Crippen LogP contribution in [0.5, 0.6) is 0 Å². The summed E-state index contributed by atoms with van der Waals surface area (Å²) in [5, 5.41) is 16.9. The monoisotopic (exact) mass is 368 g/mol. The van der Waals surface area contributed by atoms with Gasteiger partial charge in [0.2, 0.25) is 5.82 Å². The predicted octanol–water partition coefficient (Wildman–Crippen LogP) is 2.92. The number of hydrogen-bond acceptors (Lipinski definition) is 5. The number of hydrazone groups is 1. The van der Waals surface area contributed by atoms with E-state index in [1.54, 1.807) is 12.1 Å². The molecular formula is C18H17ClN6O. The number of carbonyl (C=O) groups is 1. The number of nitrogens with zero attached hydrogens (tertiary/aromatic N) is 5. The second kappa shape index (κ2) is 8.35. The molecule has 0 aliphatic rings. The summed E-state index contributed by atoms with van der Waals surface area (Å²) >= 11 is 5.89. The van der Waals surface area contributed by atoms with E-state index in [2.05, 4.69) is 25.9 Å². The van der Waals surface area contributed by atoms with Crippen LogP contribution in [0.15, 0.2) is 59.7 Å². The van der Waals surface area contributed by atoms with Gasteiger partial charge in [-0.15, -0.1) is 10.2 Å². The summed E-state index contributed by atoms with van der Waals surface area (Å²) in [5.74, 6) is 0.138. The van der Waals surface area contributed by atoms with Gasteiger partial charge in [-0.2, -0.15) is 9.90 Å². The maximum Gasteiger partial charge on any atom is 0.263 e. The number of nitrogens with one attached hydrogen (secondary N) is 1.